The minimum absolute atomic E-state index is 0.0988. The van der Waals surface area contributed by atoms with Crippen LogP contribution in [0.15, 0.2) is 27.9 Å². The number of nitrogens with zero attached hydrogens (tertiary/aromatic N) is 2. The first-order valence-corrected chi connectivity index (χ1v) is 5.65. The van der Waals surface area contributed by atoms with Crippen molar-refractivity contribution in [2.45, 2.75) is 18.8 Å². The monoisotopic (exact) mass is 299 g/mol. The Morgan fingerprint density at radius 1 is 1.43 bits per heavy atom. The molecular formula is C12H8F3N3O3. The normalized spacial score (nSPS) is 13.1. The summed E-state index contributed by atoms with van der Waals surface area (Å²) >= 11 is 0. The summed E-state index contributed by atoms with van der Waals surface area (Å²) < 4.78 is 37.6. The van der Waals surface area contributed by atoms with E-state index in [1.165, 1.54) is 6.07 Å². The van der Waals surface area contributed by atoms with Gasteiger partial charge in [-0.15, -0.1) is 0 Å². The number of pyridine rings is 2. The summed E-state index contributed by atoms with van der Waals surface area (Å²) in [6, 6.07) is 3.81. The molecule has 0 aromatic carbocycles. The summed E-state index contributed by atoms with van der Waals surface area (Å²) in [4.78, 5) is 25.7. The van der Waals surface area contributed by atoms with Crippen molar-refractivity contribution in [1.82, 2.24) is 9.55 Å². The minimum Gasteiger partial charge on any atom is -0.382 e. The summed E-state index contributed by atoms with van der Waals surface area (Å²) in [5, 5.41) is 17.6. The molecule has 0 spiro atoms. The van der Waals surface area contributed by atoms with Gasteiger partial charge < -0.3 is 14.7 Å². The highest BCUT2D eigenvalue weighted by Gasteiger charge is 2.38. The van der Waals surface area contributed by atoms with E-state index in [2.05, 4.69) is 4.98 Å². The molecule has 0 aliphatic rings. The number of nitriles is 1. The predicted molar refractivity (Wildman–Crippen MR) is 65.6 cm³/mol. The number of fused-ring (bicyclic) bond motifs is 1. The largest absolute Gasteiger partial charge is 0.416 e. The molecule has 2 aromatic heterocycles. The number of H-pyrrole nitrogens is 1. The summed E-state index contributed by atoms with van der Waals surface area (Å²) in [5.41, 5.74) is -1.77. The topological polar surface area (TPSA) is 98.9 Å². The molecule has 0 saturated heterocycles. The first-order chi connectivity index (χ1) is 9.74. The molecule has 2 aromatic rings. The molecule has 0 radical (unpaired) electrons. The van der Waals surface area contributed by atoms with Gasteiger partial charge in [0.15, 0.2) is 6.10 Å². The fourth-order valence-corrected chi connectivity index (χ4v) is 1.76. The van der Waals surface area contributed by atoms with Gasteiger partial charge in [-0.2, -0.15) is 18.4 Å². The van der Waals surface area contributed by atoms with Gasteiger partial charge >= 0.3 is 6.18 Å². The van der Waals surface area contributed by atoms with Crippen molar-refractivity contribution in [2.24, 2.45) is 0 Å². The second kappa shape index (κ2) is 5.06. The highest BCUT2D eigenvalue weighted by molar-refractivity contribution is 5.78. The summed E-state index contributed by atoms with van der Waals surface area (Å²) in [6.07, 6.45) is -6.51. The Labute approximate surface area is 114 Å². The van der Waals surface area contributed by atoms with Crippen LogP contribution in [0.3, 0.4) is 0 Å². The average Bonchev–Trinajstić information content (AvgIpc) is 2.40. The van der Waals surface area contributed by atoms with Crippen molar-refractivity contribution in [3.8, 4) is 6.07 Å². The van der Waals surface area contributed by atoms with Crippen LogP contribution in [0.5, 0.6) is 0 Å². The molecule has 0 fully saturated rings. The zero-order valence-electron chi connectivity index (χ0n) is 10.3. The molecule has 9 heteroatoms. The van der Waals surface area contributed by atoms with Crippen LogP contribution in [-0.2, 0) is 6.54 Å². The van der Waals surface area contributed by atoms with E-state index in [0.717, 1.165) is 12.3 Å². The molecule has 2 rings (SSSR count). The Kier molecular flexibility index (Phi) is 3.57. The van der Waals surface area contributed by atoms with Crippen molar-refractivity contribution in [2.75, 3.05) is 0 Å². The maximum absolute atomic E-state index is 12.3. The molecule has 2 heterocycles. The molecule has 21 heavy (non-hydrogen) atoms. The van der Waals surface area contributed by atoms with E-state index in [9.17, 15) is 22.8 Å². The van der Waals surface area contributed by atoms with Crippen molar-refractivity contribution >= 4 is 10.9 Å². The first-order valence-electron chi connectivity index (χ1n) is 5.65. The lowest BCUT2D eigenvalue weighted by molar-refractivity contribution is -0.207. The molecule has 0 unspecified atom stereocenters. The lowest BCUT2D eigenvalue weighted by Crippen LogP contribution is -2.36. The standard InChI is InChI=1S/C12H8F3N3O3/c13-12(14,15)9(19)5-18-2-1-8-7(11(18)21)3-6(4-16)10(20)17-8/h1-3,9,19H,5H2,(H,17,20)/t9-/m1/s1. The van der Waals surface area contributed by atoms with Crippen molar-refractivity contribution in [1.29, 1.82) is 5.26 Å². The van der Waals surface area contributed by atoms with Crippen LogP contribution in [0.1, 0.15) is 5.56 Å². The number of halogens is 3. The van der Waals surface area contributed by atoms with Gasteiger partial charge in [0.2, 0.25) is 0 Å². The molecule has 0 saturated carbocycles. The van der Waals surface area contributed by atoms with Gasteiger partial charge in [-0.05, 0) is 12.1 Å². The van der Waals surface area contributed by atoms with Crippen LogP contribution in [0.2, 0.25) is 0 Å². The first kappa shape index (κ1) is 14.8. The lowest BCUT2D eigenvalue weighted by atomic mass is 10.2. The number of aliphatic hydroxyl groups is 1. The Hall–Kier alpha value is -2.60. The Morgan fingerprint density at radius 2 is 2.10 bits per heavy atom. The van der Waals surface area contributed by atoms with Gasteiger partial charge in [-0.1, -0.05) is 0 Å². The van der Waals surface area contributed by atoms with Gasteiger partial charge in [0.05, 0.1) is 17.4 Å². The molecule has 0 aliphatic carbocycles. The minimum atomic E-state index is -4.85. The quantitative estimate of drug-likeness (QED) is 0.842. The predicted octanol–water partition coefficient (Wildman–Crippen LogP) is 0.485. The van der Waals surface area contributed by atoms with E-state index >= 15 is 0 Å². The van der Waals surface area contributed by atoms with Gasteiger partial charge in [0, 0.05) is 6.20 Å². The van der Waals surface area contributed by atoms with E-state index in [1.807, 2.05) is 0 Å². The van der Waals surface area contributed by atoms with Crippen LogP contribution in [0.25, 0.3) is 10.9 Å². The smallest absolute Gasteiger partial charge is 0.382 e. The van der Waals surface area contributed by atoms with Crippen LogP contribution in [-0.4, -0.2) is 26.9 Å². The molecule has 0 bridgehead atoms. The van der Waals surface area contributed by atoms with Crippen molar-refractivity contribution in [3.63, 3.8) is 0 Å². The SMILES string of the molecule is N#Cc1cc2c(=O)n(C[C@@H](O)C(F)(F)F)ccc2[nH]c1=O. The number of alkyl halides is 3. The Morgan fingerprint density at radius 3 is 2.67 bits per heavy atom. The Balaban J connectivity index is 2.57. The van der Waals surface area contributed by atoms with Crippen LogP contribution >= 0.6 is 0 Å². The second-order valence-electron chi connectivity index (χ2n) is 4.28. The summed E-state index contributed by atoms with van der Waals surface area (Å²) in [5.74, 6) is 0. The fourth-order valence-electron chi connectivity index (χ4n) is 1.76. The van der Waals surface area contributed by atoms with E-state index < -0.39 is 29.9 Å². The maximum atomic E-state index is 12.3. The second-order valence-corrected chi connectivity index (χ2v) is 4.28. The molecule has 0 amide bonds. The average molecular weight is 299 g/mol. The number of aliphatic hydroxyl groups excluding tert-OH is 1. The van der Waals surface area contributed by atoms with Crippen LogP contribution in [0, 0.1) is 11.3 Å². The third kappa shape index (κ3) is 2.80. The van der Waals surface area contributed by atoms with Crippen molar-refractivity contribution in [3.05, 3.63) is 44.6 Å². The number of hydrogen-bond donors (Lipinski definition) is 2. The third-order valence-electron chi connectivity index (χ3n) is 2.85. The molecule has 1 atom stereocenters. The fraction of sp³-hybridized carbons (Fsp3) is 0.250. The number of nitrogens with one attached hydrogen (secondary N) is 1. The highest BCUT2D eigenvalue weighted by atomic mass is 19.4. The molecule has 0 aliphatic heterocycles. The number of hydrogen-bond acceptors (Lipinski definition) is 4. The molecule has 110 valence electrons. The van der Waals surface area contributed by atoms with E-state index in [0.29, 0.717) is 4.57 Å². The van der Waals surface area contributed by atoms with E-state index in [1.54, 1.807) is 6.07 Å². The highest BCUT2D eigenvalue weighted by Crippen LogP contribution is 2.21. The van der Waals surface area contributed by atoms with E-state index in [-0.39, 0.29) is 16.5 Å². The summed E-state index contributed by atoms with van der Waals surface area (Å²) in [7, 11) is 0. The van der Waals surface area contributed by atoms with Crippen molar-refractivity contribution < 1.29 is 18.3 Å². The zero-order chi connectivity index (χ0) is 15.8. The van der Waals surface area contributed by atoms with Gasteiger partial charge in [-0.3, -0.25) is 9.59 Å². The van der Waals surface area contributed by atoms with Gasteiger partial charge in [0.25, 0.3) is 11.1 Å². The number of aromatic amines is 1. The number of rotatable bonds is 2. The maximum Gasteiger partial charge on any atom is 0.416 e. The van der Waals surface area contributed by atoms with Crippen LogP contribution < -0.4 is 11.1 Å². The third-order valence-corrected chi connectivity index (χ3v) is 2.85. The summed E-state index contributed by atoms with van der Waals surface area (Å²) in [6.45, 7) is -0.973. The Bertz CT molecular complexity index is 845. The molecule has 2 N–H and O–H groups in total. The number of aromatic nitrogens is 2. The van der Waals surface area contributed by atoms with Crippen LogP contribution in [0.4, 0.5) is 13.2 Å². The molecule has 6 nitrogen and oxygen atoms in total. The van der Waals surface area contributed by atoms with E-state index in [4.69, 9.17) is 10.4 Å². The lowest BCUT2D eigenvalue weighted by Gasteiger charge is -2.16. The van der Waals surface area contributed by atoms with Gasteiger partial charge in [-0.25, -0.2) is 0 Å². The van der Waals surface area contributed by atoms with Gasteiger partial charge in [0.1, 0.15) is 11.6 Å². The zero-order valence-corrected chi connectivity index (χ0v) is 10.3. The molecular weight excluding hydrogens is 291 g/mol.